The van der Waals surface area contributed by atoms with E-state index in [1.807, 2.05) is 20.8 Å². The van der Waals surface area contributed by atoms with E-state index in [2.05, 4.69) is 15.9 Å². The summed E-state index contributed by atoms with van der Waals surface area (Å²) in [5, 5.41) is 9.27. The van der Waals surface area contributed by atoms with Gasteiger partial charge in [0.05, 0.1) is 6.10 Å². The minimum atomic E-state index is -0.153. The zero-order chi connectivity index (χ0) is 7.44. The molecule has 0 aromatic heterocycles. The molecule has 0 amide bonds. The van der Waals surface area contributed by atoms with Crippen molar-refractivity contribution >= 4 is 15.9 Å². The summed E-state index contributed by atoms with van der Waals surface area (Å²) >= 11 is 3.38. The molecule has 0 aromatic carbocycles. The van der Waals surface area contributed by atoms with Gasteiger partial charge in [-0.2, -0.15) is 0 Å². The minimum absolute atomic E-state index is 0.153. The predicted molar refractivity (Wildman–Crippen MR) is 43.9 cm³/mol. The number of aliphatic hydroxyl groups is 1. The highest BCUT2D eigenvalue weighted by molar-refractivity contribution is 9.09. The summed E-state index contributed by atoms with van der Waals surface area (Å²) in [6.45, 7) is 6.10. The zero-order valence-electron chi connectivity index (χ0n) is 6.26. The van der Waals surface area contributed by atoms with E-state index < -0.39 is 0 Å². The maximum Gasteiger partial charge on any atom is 0.0573 e. The van der Waals surface area contributed by atoms with Crippen LogP contribution in [0.15, 0.2) is 0 Å². The quantitative estimate of drug-likeness (QED) is 0.684. The Hall–Kier alpha value is 0.440. The van der Waals surface area contributed by atoms with Crippen LogP contribution in [0.3, 0.4) is 0 Å². The Morgan fingerprint density at radius 3 is 1.89 bits per heavy atom. The third-order valence-electron chi connectivity index (χ3n) is 1.34. The van der Waals surface area contributed by atoms with E-state index in [0.29, 0.717) is 10.7 Å². The Kier molecular flexibility index (Phi) is 4.50. The Labute approximate surface area is 65.6 Å². The van der Waals surface area contributed by atoms with E-state index in [0.717, 1.165) is 6.42 Å². The molecule has 9 heavy (non-hydrogen) atoms. The molecule has 2 atom stereocenters. The fraction of sp³-hybridized carbons (Fsp3) is 1.00. The van der Waals surface area contributed by atoms with Crippen molar-refractivity contribution in [1.29, 1.82) is 0 Å². The van der Waals surface area contributed by atoms with Crippen LogP contribution < -0.4 is 0 Å². The van der Waals surface area contributed by atoms with Crippen LogP contribution in [-0.2, 0) is 0 Å². The summed E-state index contributed by atoms with van der Waals surface area (Å²) in [7, 11) is 0. The number of hydrogen-bond donors (Lipinski definition) is 1. The lowest BCUT2D eigenvalue weighted by Gasteiger charge is -2.14. The van der Waals surface area contributed by atoms with Gasteiger partial charge >= 0.3 is 0 Å². The van der Waals surface area contributed by atoms with Crippen molar-refractivity contribution < 1.29 is 5.11 Å². The van der Waals surface area contributed by atoms with Gasteiger partial charge in [0.15, 0.2) is 0 Å². The average molecular weight is 195 g/mol. The second-order valence-electron chi connectivity index (χ2n) is 2.83. The molecule has 1 nitrogen and oxygen atoms in total. The third-order valence-corrected chi connectivity index (χ3v) is 1.71. The Bertz CT molecular complexity index is 71.3. The summed E-state index contributed by atoms with van der Waals surface area (Å²) in [4.78, 5) is 0.426. The highest BCUT2D eigenvalue weighted by Crippen LogP contribution is 2.12. The van der Waals surface area contributed by atoms with Gasteiger partial charge in [-0.1, -0.05) is 36.7 Å². The van der Waals surface area contributed by atoms with Gasteiger partial charge in [-0.15, -0.1) is 0 Å². The van der Waals surface area contributed by atoms with Crippen LogP contribution in [0.4, 0.5) is 0 Å². The van der Waals surface area contributed by atoms with Crippen LogP contribution in [0.1, 0.15) is 27.2 Å². The number of alkyl halides is 1. The maximum atomic E-state index is 9.27. The molecule has 0 spiro atoms. The second kappa shape index (κ2) is 4.29. The van der Waals surface area contributed by atoms with Crippen LogP contribution >= 0.6 is 15.9 Å². The number of rotatable bonds is 3. The van der Waals surface area contributed by atoms with E-state index in [1.165, 1.54) is 0 Å². The van der Waals surface area contributed by atoms with Crippen LogP contribution in [0.25, 0.3) is 0 Å². The molecule has 2 heteroatoms. The standard InChI is InChI=1S/C7H15BrO/c1-5(2)7(9)4-6(3)8/h5-7,9H,4H2,1-3H3. The lowest BCUT2D eigenvalue weighted by Crippen LogP contribution is -2.17. The minimum Gasteiger partial charge on any atom is -0.393 e. The molecule has 0 saturated carbocycles. The molecule has 2 unspecified atom stereocenters. The first-order valence-electron chi connectivity index (χ1n) is 3.36. The summed E-state index contributed by atoms with van der Waals surface area (Å²) in [6, 6.07) is 0. The first-order valence-corrected chi connectivity index (χ1v) is 4.27. The van der Waals surface area contributed by atoms with Crippen LogP contribution in [0.2, 0.25) is 0 Å². The normalized spacial score (nSPS) is 18.0. The Morgan fingerprint density at radius 1 is 1.33 bits per heavy atom. The molecular weight excluding hydrogens is 180 g/mol. The molecule has 0 bridgehead atoms. The number of hydrogen-bond acceptors (Lipinski definition) is 1. The molecule has 56 valence electrons. The lowest BCUT2D eigenvalue weighted by molar-refractivity contribution is 0.117. The van der Waals surface area contributed by atoms with Crippen molar-refractivity contribution in [2.24, 2.45) is 5.92 Å². The number of halogens is 1. The molecule has 0 aromatic rings. The topological polar surface area (TPSA) is 20.2 Å². The van der Waals surface area contributed by atoms with E-state index in [-0.39, 0.29) is 6.10 Å². The molecule has 1 N–H and O–H groups in total. The Balaban J connectivity index is 3.38. The fourth-order valence-corrected chi connectivity index (χ4v) is 0.988. The molecule has 0 heterocycles. The van der Waals surface area contributed by atoms with Crippen LogP contribution in [0.5, 0.6) is 0 Å². The maximum absolute atomic E-state index is 9.27. The van der Waals surface area contributed by atoms with Gasteiger partial charge in [0.25, 0.3) is 0 Å². The van der Waals surface area contributed by atoms with Gasteiger partial charge < -0.3 is 5.11 Å². The summed E-state index contributed by atoms with van der Waals surface area (Å²) in [6.07, 6.45) is 0.692. The second-order valence-corrected chi connectivity index (χ2v) is 4.39. The van der Waals surface area contributed by atoms with Gasteiger partial charge in [0, 0.05) is 4.83 Å². The highest BCUT2D eigenvalue weighted by Gasteiger charge is 2.10. The molecule has 0 saturated heterocycles. The molecule has 0 radical (unpaired) electrons. The molecule has 0 aliphatic heterocycles. The first kappa shape index (κ1) is 9.44. The molecular formula is C7H15BrO. The van der Waals surface area contributed by atoms with Crippen molar-refractivity contribution in [1.82, 2.24) is 0 Å². The summed E-state index contributed by atoms with van der Waals surface area (Å²) in [5.74, 6) is 0.380. The van der Waals surface area contributed by atoms with Gasteiger partial charge in [0.1, 0.15) is 0 Å². The van der Waals surface area contributed by atoms with Gasteiger partial charge in [-0.3, -0.25) is 0 Å². The van der Waals surface area contributed by atoms with Gasteiger partial charge in [0.2, 0.25) is 0 Å². The average Bonchev–Trinajstić information content (AvgIpc) is 1.63. The van der Waals surface area contributed by atoms with Crippen molar-refractivity contribution in [3.05, 3.63) is 0 Å². The SMILES string of the molecule is CC(Br)CC(O)C(C)C. The molecule has 0 aliphatic carbocycles. The van der Waals surface area contributed by atoms with Crippen molar-refractivity contribution in [3.63, 3.8) is 0 Å². The summed E-state index contributed by atoms with van der Waals surface area (Å²) < 4.78 is 0. The first-order chi connectivity index (χ1) is 4.04. The monoisotopic (exact) mass is 194 g/mol. The van der Waals surface area contributed by atoms with Gasteiger partial charge in [-0.25, -0.2) is 0 Å². The Morgan fingerprint density at radius 2 is 1.78 bits per heavy atom. The zero-order valence-corrected chi connectivity index (χ0v) is 7.85. The number of aliphatic hydroxyl groups excluding tert-OH is 1. The van der Waals surface area contributed by atoms with Crippen LogP contribution in [0, 0.1) is 5.92 Å². The van der Waals surface area contributed by atoms with Crippen molar-refractivity contribution in [3.8, 4) is 0 Å². The molecule has 0 rings (SSSR count). The summed E-state index contributed by atoms with van der Waals surface area (Å²) in [5.41, 5.74) is 0. The van der Waals surface area contributed by atoms with E-state index in [1.54, 1.807) is 0 Å². The predicted octanol–water partition coefficient (Wildman–Crippen LogP) is 2.18. The van der Waals surface area contributed by atoms with Gasteiger partial charge in [-0.05, 0) is 12.3 Å². The smallest absolute Gasteiger partial charge is 0.0573 e. The molecule has 0 fully saturated rings. The van der Waals surface area contributed by atoms with E-state index >= 15 is 0 Å². The van der Waals surface area contributed by atoms with E-state index in [4.69, 9.17) is 0 Å². The fourth-order valence-electron chi connectivity index (χ4n) is 0.605. The van der Waals surface area contributed by atoms with Crippen molar-refractivity contribution in [2.45, 2.75) is 38.1 Å². The lowest BCUT2D eigenvalue weighted by atomic mass is 10.0. The molecule has 0 aliphatic rings. The largest absolute Gasteiger partial charge is 0.393 e. The third kappa shape index (κ3) is 4.91. The van der Waals surface area contributed by atoms with Crippen LogP contribution in [-0.4, -0.2) is 16.0 Å². The van der Waals surface area contributed by atoms with Crippen molar-refractivity contribution in [2.75, 3.05) is 0 Å². The van der Waals surface area contributed by atoms with E-state index in [9.17, 15) is 5.11 Å². The highest BCUT2D eigenvalue weighted by atomic mass is 79.9.